The third-order valence-corrected chi connectivity index (χ3v) is 4.96. The molecule has 0 radical (unpaired) electrons. The van der Waals surface area contributed by atoms with Crippen LogP contribution in [0.3, 0.4) is 0 Å². The van der Waals surface area contributed by atoms with Crippen LogP contribution >= 0.6 is 11.8 Å². The molecule has 1 heterocycles. The van der Waals surface area contributed by atoms with Crippen LogP contribution in [0.15, 0.2) is 24.3 Å². The molecule has 0 fully saturated rings. The average molecular weight is 278 g/mol. The van der Waals surface area contributed by atoms with Gasteiger partial charge < -0.3 is 9.80 Å². The summed E-state index contributed by atoms with van der Waals surface area (Å²) in [5.74, 6) is 0.591. The van der Waals surface area contributed by atoms with Crippen LogP contribution in [0.4, 0.5) is 5.69 Å². The fourth-order valence-electron chi connectivity index (χ4n) is 2.92. The number of fused-ring (bicyclic) bond motifs is 1. The lowest BCUT2D eigenvalue weighted by atomic mass is 10.0. The third-order valence-electron chi connectivity index (χ3n) is 3.88. The molecule has 1 amide bonds. The number of amides is 1. The Hall–Kier alpha value is -1.16. The van der Waals surface area contributed by atoms with E-state index in [1.165, 1.54) is 0 Å². The molecule has 0 bridgehead atoms. The number of hydrogen-bond acceptors (Lipinski definition) is 3. The Bertz CT molecular complexity index is 475. The Kier molecular flexibility index (Phi) is 4.09. The molecule has 4 heteroatoms. The largest absolute Gasteiger partial charge is 0.368 e. The number of nitrogens with zero attached hydrogens (tertiary/aromatic N) is 2. The molecule has 0 spiro atoms. The molecule has 2 atom stereocenters. The fourth-order valence-corrected chi connectivity index (χ4v) is 4.11. The van der Waals surface area contributed by atoms with Crippen LogP contribution in [-0.2, 0) is 0 Å². The lowest BCUT2D eigenvalue weighted by Gasteiger charge is -2.39. The minimum atomic E-state index is 0.116. The molecule has 2 unspecified atom stereocenters. The lowest BCUT2D eigenvalue weighted by Crippen LogP contribution is -2.49. The van der Waals surface area contributed by atoms with Gasteiger partial charge in [-0.3, -0.25) is 4.79 Å². The maximum Gasteiger partial charge on any atom is 0.256 e. The predicted octanol–water partition coefficient (Wildman–Crippen LogP) is 2.92. The third kappa shape index (κ3) is 2.34. The van der Waals surface area contributed by atoms with Crippen molar-refractivity contribution < 1.29 is 4.79 Å². The second-order valence-corrected chi connectivity index (χ2v) is 6.36. The zero-order chi connectivity index (χ0) is 14.2. The number of carbonyl (C=O) groups is 1. The molecule has 0 aliphatic carbocycles. The molecular weight excluding hydrogens is 256 g/mol. The van der Waals surface area contributed by atoms with Gasteiger partial charge in [-0.05, 0) is 24.3 Å². The van der Waals surface area contributed by atoms with E-state index in [1.807, 2.05) is 36.2 Å². The molecule has 1 aliphatic heterocycles. The second-order valence-electron chi connectivity index (χ2n) is 5.40. The molecule has 0 saturated carbocycles. The maximum atomic E-state index is 12.6. The summed E-state index contributed by atoms with van der Waals surface area (Å²) in [6.07, 6.45) is 2.08. The maximum absolute atomic E-state index is 12.6. The predicted molar refractivity (Wildman–Crippen MR) is 82.9 cm³/mol. The van der Waals surface area contributed by atoms with Gasteiger partial charge in [-0.2, -0.15) is 0 Å². The zero-order valence-corrected chi connectivity index (χ0v) is 13.1. The summed E-state index contributed by atoms with van der Waals surface area (Å²) in [5.41, 5.74) is 1.84. The first-order chi connectivity index (χ1) is 8.99. The molecule has 0 saturated heterocycles. The fraction of sp³-hybridized carbons (Fsp3) is 0.533. The average Bonchev–Trinajstić information content (AvgIpc) is 2.48. The van der Waals surface area contributed by atoms with Crippen molar-refractivity contribution >= 4 is 23.4 Å². The standard InChI is InChI=1S/C15H22N2OS/c1-10(2)13-15(19-5)17(4)14(18)11-8-6-7-9-12(11)16(13)3/h6-10,13,15H,1-5H3. The van der Waals surface area contributed by atoms with Crippen LogP contribution in [-0.4, -0.2) is 42.6 Å². The van der Waals surface area contributed by atoms with Crippen LogP contribution < -0.4 is 4.90 Å². The first kappa shape index (κ1) is 14.3. The van der Waals surface area contributed by atoms with E-state index in [9.17, 15) is 4.79 Å². The highest BCUT2D eigenvalue weighted by molar-refractivity contribution is 7.99. The van der Waals surface area contributed by atoms with Gasteiger partial charge in [0.1, 0.15) is 0 Å². The van der Waals surface area contributed by atoms with Gasteiger partial charge in [0.25, 0.3) is 5.91 Å². The van der Waals surface area contributed by atoms with Crippen molar-refractivity contribution in [1.82, 2.24) is 4.90 Å². The molecule has 1 aromatic carbocycles. The lowest BCUT2D eigenvalue weighted by molar-refractivity contribution is 0.0769. The number of carbonyl (C=O) groups excluding carboxylic acids is 1. The second kappa shape index (κ2) is 5.45. The number of hydrogen-bond donors (Lipinski definition) is 0. The van der Waals surface area contributed by atoms with Crippen molar-refractivity contribution in [1.29, 1.82) is 0 Å². The highest BCUT2D eigenvalue weighted by Crippen LogP contribution is 2.34. The molecule has 1 aliphatic rings. The number of likely N-dealkylation sites (N-methyl/N-ethyl adjacent to an activating group) is 2. The van der Waals surface area contributed by atoms with Gasteiger partial charge in [-0.25, -0.2) is 0 Å². The van der Waals surface area contributed by atoms with Gasteiger partial charge in [0.15, 0.2) is 0 Å². The summed E-state index contributed by atoms with van der Waals surface area (Å²) in [4.78, 5) is 16.8. The van der Waals surface area contributed by atoms with Gasteiger partial charge in [0.05, 0.1) is 17.0 Å². The first-order valence-corrected chi connectivity index (χ1v) is 7.89. The van der Waals surface area contributed by atoms with E-state index in [0.29, 0.717) is 12.0 Å². The van der Waals surface area contributed by atoms with E-state index in [2.05, 4.69) is 32.1 Å². The molecule has 1 aromatic rings. The van der Waals surface area contributed by atoms with Gasteiger partial charge in [-0.1, -0.05) is 26.0 Å². The molecule has 19 heavy (non-hydrogen) atoms. The highest BCUT2D eigenvalue weighted by atomic mass is 32.2. The van der Waals surface area contributed by atoms with Crippen molar-refractivity contribution in [2.45, 2.75) is 25.3 Å². The van der Waals surface area contributed by atoms with Crippen molar-refractivity contribution in [3.8, 4) is 0 Å². The van der Waals surface area contributed by atoms with E-state index < -0.39 is 0 Å². The van der Waals surface area contributed by atoms with E-state index in [4.69, 9.17) is 0 Å². The normalized spacial score (nSPS) is 23.6. The van der Waals surface area contributed by atoms with Crippen LogP contribution in [0.25, 0.3) is 0 Å². The molecule has 2 rings (SSSR count). The Balaban J connectivity index is 2.58. The summed E-state index contributed by atoms with van der Waals surface area (Å²) in [5, 5.41) is 0.171. The quantitative estimate of drug-likeness (QED) is 0.831. The van der Waals surface area contributed by atoms with Gasteiger partial charge in [-0.15, -0.1) is 11.8 Å². The summed E-state index contributed by atoms with van der Waals surface area (Å²) < 4.78 is 0. The van der Waals surface area contributed by atoms with Gasteiger partial charge in [0.2, 0.25) is 0 Å². The number of benzene rings is 1. The van der Waals surface area contributed by atoms with Crippen LogP contribution in [0.5, 0.6) is 0 Å². The first-order valence-electron chi connectivity index (χ1n) is 6.60. The van der Waals surface area contributed by atoms with Crippen LogP contribution in [0.2, 0.25) is 0 Å². The topological polar surface area (TPSA) is 23.6 Å². The minimum Gasteiger partial charge on any atom is -0.368 e. The molecular formula is C15H22N2OS. The summed E-state index contributed by atoms with van der Waals surface area (Å²) in [6.45, 7) is 4.44. The van der Waals surface area contributed by atoms with Crippen molar-refractivity contribution in [3.05, 3.63) is 29.8 Å². The van der Waals surface area contributed by atoms with Crippen molar-refractivity contribution in [2.75, 3.05) is 25.3 Å². The van der Waals surface area contributed by atoms with E-state index in [-0.39, 0.29) is 11.3 Å². The number of rotatable bonds is 2. The summed E-state index contributed by atoms with van der Waals surface area (Å²) >= 11 is 1.75. The smallest absolute Gasteiger partial charge is 0.256 e. The Morgan fingerprint density at radius 2 is 1.79 bits per heavy atom. The van der Waals surface area contributed by atoms with E-state index in [1.54, 1.807) is 11.8 Å². The van der Waals surface area contributed by atoms with Gasteiger partial charge >= 0.3 is 0 Å². The van der Waals surface area contributed by atoms with Crippen LogP contribution in [0, 0.1) is 5.92 Å². The summed E-state index contributed by atoms with van der Waals surface area (Å²) in [7, 11) is 4.01. The molecule has 104 valence electrons. The highest BCUT2D eigenvalue weighted by Gasteiger charge is 2.38. The van der Waals surface area contributed by atoms with E-state index >= 15 is 0 Å². The van der Waals surface area contributed by atoms with Crippen molar-refractivity contribution in [2.24, 2.45) is 5.92 Å². The van der Waals surface area contributed by atoms with E-state index in [0.717, 1.165) is 11.3 Å². The SMILES string of the molecule is CSC1C(C(C)C)N(C)c2ccccc2C(=O)N1C. The zero-order valence-electron chi connectivity index (χ0n) is 12.3. The monoisotopic (exact) mass is 278 g/mol. The number of para-hydroxylation sites is 1. The molecule has 0 aromatic heterocycles. The van der Waals surface area contributed by atoms with Crippen LogP contribution in [0.1, 0.15) is 24.2 Å². The number of anilines is 1. The Morgan fingerprint density at radius 1 is 1.16 bits per heavy atom. The van der Waals surface area contributed by atoms with Crippen molar-refractivity contribution in [3.63, 3.8) is 0 Å². The van der Waals surface area contributed by atoms with Gasteiger partial charge in [0, 0.05) is 19.8 Å². The molecule has 0 N–H and O–H groups in total. The number of thioether (sulfide) groups is 1. The Labute approximate surface area is 120 Å². The summed E-state index contributed by atoms with van der Waals surface area (Å²) in [6, 6.07) is 8.21. The molecule has 3 nitrogen and oxygen atoms in total. The minimum absolute atomic E-state index is 0.116. The Morgan fingerprint density at radius 3 is 2.37 bits per heavy atom.